The summed E-state index contributed by atoms with van der Waals surface area (Å²) in [5.74, 6) is 0. The van der Waals surface area contributed by atoms with E-state index in [9.17, 15) is 4.79 Å². The predicted molar refractivity (Wildman–Crippen MR) is 64.1 cm³/mol. The van der Waals surface area contributed by atoms with Crippen molar-refractivity contribution in [1.29, 1.82) is 0 Å². The van der Waals surface area contributed by atoms with Gasteiger partial charge in [-0.2, -0.15) is 0 Å². The average Bonchev–Trinajstić information content (AvgIpc) is 2.33. The summed E-state index contributed by atoms with van der Waals surface area (Å²) in [6.07, 6.45) is 1.96. The molecule has 0 saturated heterocycles. The van der Waals surface area contributed by atoms with Crippen molar-refractivity contribution in [3.05, 3.63) is 0 Å². The maximum absolute atomic E-state index is 11.0. The monoisotopic (exact) mass is 248 g/mol. The van der Waals surface area contributed by atoms with Gasteiger partial charge < -0.3 is 18.9 Å². The highest BCUT2D eigenvalue weighted by Crippen LogP contribution is 1.93. The first-order valence-electron chi connectivity index (χ1n) is 6.26. The number of rotatable bonds is 11. The maximum atomic E-state index is 11.0. The molecule has 0 amide bonds. The number of unbranched alkanes of at least 4 members (excludes halogenated alkanes) is 1. The minimum atomic E-state index is -0.590. The SMILES string of the molecule is CCCCOC(=O)OCCCOCCOCC. The van der Waals surface area contributed by atoms with Crippen LogP contribution in [0.15, 0.2) is 0 Å². The van der Waals surface area contributed by atoms with E-state index in [1.54, 1.807) is 0 Å². The van der Waals surface area contributed by atoms with Crippen molar-refractivity contribution in [3.63, 3.8) is 0 Å². The molecule has 0 atom stereocenters. The van der Waals surface area contributed by atoms with Crippen LogP contribution in [0.5, 0.6) is 0 Å². The molecule has 0 aromatic heterocycles. The Hall–Kier alpha value is -0.810. The van der Waals surface area contributed by atoms with Crippen molar-refractivity contribution in [3.8, 4) is 0 Å². The highest BCUT2D eigenvalue weighted by Gasteiger charge is 2.02. The lowest BCUT2D eigenvalue weighted by molar-refractivity contribution is 0.0307. The summed E-state index contributed by atoms with van der Waals surface area (Å²) in [6, 6.07) is 0. The molecule has 0 aliphatic rings. The third kappa shape index (κ3) is 13.1. The van der Waals surface area contributed by atoms with Crippen LogP contribution in [0.25, 0.3) is 0 Å². The molecule has 0 saturated carbocycles. The smallest absolute Gasteiger partial charge is 0.434 e. The molecule has 0 aromatic rings. The van der Waals surface area contributed by atoms with E-state index in [-0.39, 0.29) is 0 Å². The third-order valence-electron chi connectivity index (χ3n) is 1.95. The van der Waals surface area contributed by atoms with Crippen molar-refractivity contribution < 1.29 is 23.7 Å². The zero-order chi connectivity index (χ0) is 12.8. The van der Waals surface area contributed by atoms with Crippen molar-refractivity contribution in [1.82, 2.24) is 0 Å². The molecule has 0 unspecified atom stereocenters. The van der Waals surface area contributed by atoms with Crippen LogP contribution in [0.1, 0.15) is 33.1 Å². The van der Waals surface area contributed by atoms with E-state index in [0.29, 0.717) is 46.1 Å². The van der Waals surface area contributed by atoms with Gasteiger partial charge in [0, 0.05) is 19.6 Å². The molecule has 0 aliphatic carbocycles. The van der Waals surface area contributed by atoms with Gasteiger partial charge in [0.15, 0.2) is 0 Å². The fraction of sp³-hybridized carbons (Fsp3) is 0.917. The first-order chi connectivity index (χ1) is 8.31. The van der Waals surface area contributed by atoms with Crippen LogP contribution in [-0.2, 0) is 18.9 Å². The number of hydrogen-bond acceptors (Lipinski definition) is 5. The summed E-state index contributed by atoms with van der Waals surface area (Å²) >= 11 is 0. The van der Waals surface area contributed by atoms with Gasteiger partial charge in [-0.25, -0.2) is 4.79 Å². The molecule has 0 rings (SSSR count). The van der Waals surface area contributed by atoms with E-state index in [2.05, 4.69) is 0 Å². The van der Waals surface area contributed by atoms with E-state index in [4.69, 9.17) is 18.9 Å². The minimum absolute atomic E-state index is 0.333. The fourth-order valence-electron chi connectivity index (χ4n) is 1.02. The van der Waals surface area contributed by atoms with Gasteiger partial charge in [0.2, 0.25) is 0 Å². The lowest BCUT2D eigenvalue weighted by Crippen LogP contribution is -2.11. The van der Waals surface area contributed by atoms with Crippen molar-refractivity contribution in [2.75, 3.05) is 39.6 Å². The Kier molecular flexibility index (Phi) is 12.6. The molecule has 5 nitrogen and oxygen atoms in total. The fourth-order valence-corrected chi connectivity index (χ4v) is 1.02. The first kappa shape index (κ1) is 16.2. The van der Waals surface area contributed by atoms with E-state index in [1.165, 1.54) is 0 Å². The number of ether oxygens (including phenoxy) is 4. The number of carbonyl (C=O) groups is 1. The van der Waals surface area contributed by atoms with Crippen LogP contribution in [0.4, 0.5) is 4.79 Å². The van der Waals surface area contributed by atoms with E-state index in [1.807, 2.05) is 13.8 Å². The predicted octanol–water partition coefficient (Wildman–Crippen LogP) is 2.38. The van der Waals surface area contributed by atoms with Crippen molar-refractivity contribution >= 4 is 6.16 Å². The Bertz CT molecular complexity index is 172. The molecule has 17 heavy (non-hydrogen) atoms. The van der Waals surface area contributed by atoms with Gasteiger partial charge in [0.05, 0.1) is 26.4 Å². The molecular weight excluding hydrogens is 224 g/mol. The standard InChI is InChI=1S/C12H24O5/c1-3-5-8-16-12(13)17-9-6-7-15-11-10-14-4-2/h3-11H2,1-2H3. The highest BCUT2D eigenvalue weighted by atomic mass is 16.7. The molecular formula is C12H24O5. The van der Waals surface area contributed by atoms with Crippen LogP contribution in [0, 0.1) is 0 Å². The average molecular weight is 248 g/mol. The third-order valence-corrected chi connectivity index (χ3v) is 1.95. The Morgan fingerprint density at radius 2 is 1.47 bits per heavy atom. The second kappa shape index (κ2) is 13.3. The Balaban J connectivity index is 3.08. The van der Waals surface area contributed by atoms with Crippen molar-refractivity contribution in [2.24, 2.45) is 0 Å². The first-order valence-corrected chi connectivity index (χ1v) is 6.26. The van der Waals surface area contributed by atoms with Crippen LogP contribution in [0.3, 0.4) is 0 Å². The Morgan fingerprint density at radius 3 is 2.12 bits per heavy atom. The summed E-state index contributed by atoms with van der Waals surface area (Å²) in [4.78, 5) is 11.0. The second-order valence-electron chi connectivity index (χ2n) is 3.46. The van der Waals surface area contributed by atoms with Gasteiger partial charge in [0.1, 0.15) is 0 Å². The second-order valence-corrected chi connectivity index (χ2v) is 3.46. The zero-order valence-corrected chi connectivity index (χ0v) is 10.9. The number of carbonyl (C=O) groups excluding carboxylic acids is 1. The minimum Gasteiger partial charge on any atom is -0.434 e. The van der Waals surface area contributed by atoms with Crippen molar-refractivity contribution in [2.45, 2.75) is 33.1 Å². The lowest BCUT2D eigenvalue weighted by atomic mass is 10.4. The van der Waals surface area contributed by atoms with Gasteiger partial charge in [-0.1, -0.05) is 13.3 Å². The summed E-state index contributed by atoms with van der Waals surface area (Å²) in [5, 5.41) is 0. The van der Waals surface area contributed by atoms with Crippen LogP contribution >= 0.6 is 0 Å². The van der Waals surface area contributed by atoms with Crippen LogP contribution in [-0.4, -0.2) is 45.8 Å². The lowest BCUT2D eigenvalue weighted by Gasteiger charge is -2.06. The van der Waals surface area contributed by atoms with Crippen LogP contribution in [0.2, 0.25) is 0 Å². The summed E-state index contributed by atoms with van der Waals surface area (Å²) in [6.45, 7) is 7.20. The molecule has 0 aromatic carbocycles. The van der Waals surface area contributed by atoms with Gasteiger partial charge in [0.25, 0.3) is 0 Å². The summed E-state index contributed by atoms with van der Waals surface area (Å²) in [5.41, 5.74) is 0. The van der Waals surface area contributed by atoms with E-state index < -0.39 is 6.16 Å². The Morgan fingerprint density at radius 1 is 0.824 bits per heavy atom. The molecule has 102 valence electrons. The summed E-state index contributed by atoms with van der Waals surface area (Å²) < 4.78 is 20.0. The molecule has 0 radical (unpaired) electrons. The van der Waals surface area contributed by atoms with Gasteiger partial charge >= 0.3 is 6.16 Å². The molecule has 0 bridgehead atoms. The quantitative estimate of drug-likeness (QED) is 0.415. The van der Waals surface area contributed by atoms with Gasteiger partial charge in [-0.05, 0) is 13.3 Å². The molecule has 0 spiro atoms. The largest absolute Gasteiger partial charge is 0.508 e. The normalized spacial score (nSPS) is 10.2. The van der Waals surface area contributed by atoms with Crippen LogP contribution < -0.4 is 0 Å². The van der Waals surface area contributed by atoms with Gasteiger partial charge in [-0.15, -0.1) is 0 Å². The topological polar surface area (TPSA) is 54.0 Å². The van der Waals surface area contributed by atoms with E-state index in [0.717, 1.165) is 12.8 Å². The summed E-state index contributed by atoms with van der Waals surface area (Å²) in [7, 11) is 0. The zero-order valence-electron chi connectivity index (χ0n) is 10.9. The molecule has 0 heterocycles. The van der Waals surface area contributed by atoms with Gasteiger partial charge in [-0.3, -0.25) is 0 Å². The number of hydrogen-bond donors (Lipinski definition) is 0. The molecule has 0 N–H and O–H groups in total. The molecule has 5 heteroatoms. The maximum Gasteiger partial charge on any atom is 0.508 e. The Labute approximate surface area is 103 Å². The van der Waals surface area contributed by atoms with E-state index >= 15 is 0 Å². The molecule has 0 fully saturated rings. The molecule has 0 aliphatic heterocycles. The highest BCUT2D eigenvalue weighted by molar-refractivity contribution is 5.59.